The summed E-state index contributed by atoms with van der Waals surface area (Å²) >= 11 is 1.14. The van der Waals surface area contributed by atoms with Crippen molar-refractivity contribution >= 4 is 23.2 Å². The zero-order chi connectivity index (χ0) is 13.8. The predicted molar refractivity (Wildman–Crippen MR) is 70.2 cm³/mol. The zero-order valence-corrected chi connectivity index (χ0v) is 10.8. The number of benzene rings is 1. The molecule has 0 radical (unpaired) electrons. The fraction of sp³-hybridized carbons (Fsp3) is 0.167. The van der Waals surface area contributed by atoms with Crippen molar-refractivity contribution in [2.45, 2.75) is 6.92 Å². The Labute approximate surface area is 113 Å². The summed E-state index contributed by atoms with van der Waals surface area (Å²) in [5, 5.41) is 12.2. The Balaban J connectivity index is 2.34. The number of aromatic nitrogens is 1. The summed E-state index contributed by atoms with van der Waals surface area (Å²) in [7, 11) is 0. The lowest BCUT2D eigenvalue weighted by Crippen LogP contribution is -2.04. The molecule has 0 unspecified atom stereocenters. The minimum atomic E-state index is -0.475. The number of hydrogen-bond donors (Lipinski definition) is 0. The van der Waals surface area contributed by atoms with Crippen LogP contribution in [-0.4, -0.2) is 21.9 Å². The monoisotopic (exact) mass is 278 g/mol. The molecule has 7 heteroatoms. The Morgan fingerprint density at radius 1 is 1.42 bits per heavy atom. The van der Waals surface area contributed by atoms with Crippen molar-refractivity contribution in [3.63, 3.8) is 0 Å². The van der Waals surface area contributed by atoms with Crippen LogP contribution in [-0.2, 0) is 4.74 Å². The third kappa shape index (κ3) is 2.76. The molecule has 2 rings (SSSR count). The topological polar surface area (TPSA) is 82.3 Å². The number of carbonyl (C=O) groups excluding carboxylic acids is 1. The van der Waals surface area contributed by atoms with Crippen LogP contribution in [0.5, 0.6) is 0 Å². The lowest BCUT2D eigenvalue weighted by molar-refractivity contribution is -0.384. The largest absolute Gasteiger partial charge is 0.462 e. The van der Waals surface area contributed by atoms with E-state index >= 15 is 0 Å². The Hall–Kier alpha value is -2.28. The highest BCUT2D eigenvalue weighted by Crippen LogP contribution is 2.26. The van der Waals surface area contributed by atoms with Crippen LogP contribution in [0.1, 0.15) is 17.3 Å². The number of nitrogens with zero attached hydrogens (tertiary/aromatic N) is 2. The molecule has 0 aliphatic heterocycles. The highest BCUT2D eigenvalue weighted by Gasteiger charge is 2.17. The summed E-state index contributed by atoms with van der Waals surface area (Å²) < 4.78 is 9.07. The molecule has 0 aliphatic rings. The molecule has 1 heterocycles. The molecular weight excluding hydrogens is 268 g/mol. The highest BCUT2D eigenvalue weighted by atomic mass is 32.1. The van der Waals surface area contributed by atoms with Gasteiger partial charge < -0.3 is 4.74 Å². The Bertz CT molecular complexity index is 606. The quantitative estimate of drug-likeness (QED) is 0.488. The molecule has 0 N–H and O–H groups in total. The van der Waals surface area contributed by atoms with Crippen molar-refractivity contribution in [1.29, 1.82) is 0 Å². The fourth-order valence-electron chi connectivity index (χ4n) is 1.54. The molecule has 98 valence electrons. The van der Waals surface area contributed by atoms with Gasteiger partial charge in [0, 0.05) is 23.1 Å². The Morgan fingerprint density at radius 2 is 2.11 bits per heavy atom. The van der Waals surface area contributed by atoms with Gasteiger partial charge in [-0.05, 0) is 30.6 Å². The van der Waals surface area contributed by atoms with E-state index in [0.29, 0.717) is 16.8 Å². The van der Waals surface area contributed by atoms with Gasteiger partial charge in [-0.15, -0.1) is 0 Å². The predicted octanol–water partition coefficient (Wildman–Crippen LogP) is 2.90. The SMILES string of the molecule is CCOC(=O)c1csnc1-c1ccc([N+](=O)[O-])cc1. The summed E-state index contributed by atoms with van der Waals surface area (Å²) in [6.07, 6.45) is 0. The zero-order valence-electron chi connectivity index (χ0n) is 10.0. The highest BCUT2D eigenvalue weighted by molar-refractivity contribution is 7.04. The lowest BCUT2D eigenvalue weighted by atomic mass is 10.1. The fourth-order valence-corrected chi connectivity index (χ4v) is 2.21. The number of nitro benzene ring substituents is 1. The number of rotatable bonds is 4. The molecule has 0 bridgehead atoms. The minimum absolute atomic E-state index is 0.00309. The first-order valence-electron chi connectivity index (χ1n) is 5.49. The second-order valence-electron chi connectivity index (χ2n) is 3.60. The third-order valence-corrected chi connectivity index (χ3v) is 3.05. The van der Waals surface area contributed by atoms with Crippen LogP contribution in [0.25, 0.3) is 11.3 Å². The number of hydrogen-bond acceptors (Lipinski definition) is 6. The standard InChI is InChI=1S/C12H10N2O4S/c1-2-18-12(15)10-7-19-13-11(10)8-3-5-9(6-4-8)14(16)17/h3-7H,2H2,1H3. The molecule has 0 aliphatic carbocycles. The normalized spacial score (nSPS) is 10.2. The maximum absolute atomic E-state index is 11.7. The molecule has 1 aromatic carbocycles. The summed E-state index contributed by atoms with van der Waals surface area (Å²) in [6, 6.07) is 5.89. The molecular formula is C12H10N2O4S. The molecule has 0 spiro atoms. The van der Waals surface area contributed by atoms with Gasteiger partial charge in [-0.3, -0.25) is 10.1 Å². The maximum Gasteiger partial charge on any atom is 0.341 e. The van der Waals surface area contributed by atoms with Gasteiger partial charge in [-0.1, -0.05) is 0 Å². The number of non-ortho nitro benzene ring substituents is 1. The average molecular weight is 278 g/mol. The number of ether oxygens (including phenoxy) is 1. The van der Waals surface area contributed by atoms with Crippen molar-refractivity contribution < 1.29 is 14.5 Å². The molecule has 6 nitrogen and oxygen atoms in total. The molecule has 0 amide bonds. The second kappa shape index (κ2) is 5.57. The molecule has 0 saturated heterocycles. The first-order valence-corrected chi connectivity index (χ1v) is 6.33. The van der Waals surface area contributed by atoms with E-state index in [1.165, 1.54) is 12.1 Å². The van der Waals surface area contributed by atoms with Crippen LogP contribution in [0.15, 0.2) is 29.6 Å². The first kappa shape index (κ1) is 13.2. The number of esters is 1. The molecule has 0 saturated carbocycles. The van der Waals surface area contributed by atoms with Crippen LogP contribution < -0.4 is 0 Å². The molecule has 0 atom stereocenters. The summed E-state index contributed by atoms with van der Waals surface area (Å²) in [5.74, 6) is -0.440. The maximum atomic E-state index is 11.7. The Morgan fingerprint density at radius 3 is 2.68 bits per heavy atom. The van der Waals surface area contributed by atoms with Crippen LogP contribution >= 0.6 is 11.5 Å². The van der Waals surface area contributed by atoms with Crippen molar-refractivity contribution in [2.24, 2.45) is 0 Å². The minimum Gasteiger partial charge on any atom is -0.462 e. The van der Waals surface area contributed by atoms with Gasteiger partial charge >= 0.3 is 5.97 Å². The van der Waals surface area contributed by atoms with Gasteiger partial charge in [0.25, 0.3) is 5.69 Å². The molecule has 2 aromatic rings. The second-order valence-corrected chi connectivity index (χ2v) is 4.23. The van der Waals surface area contributed by atoms with Gasteiger partial charge in [-0.25, -0.2) is 4.79 Å². The number of nitro groups is 1. The van der Waals surface area contributed by atoms with Crippen LogP contribution in [0, 0.1) is 10.1 Å². The van der Waals surface area contributed by atoms with Gasteiger partial charge in [0.2, 0.25) is 0 Å². The molecule has 1 aromatic heterocycles. The van der Waals surface area contributed by atoms with Gasteiger partial charge in [0.05, 0.1) is 22.8 Å². The summed E-state index contributed by atoms with van der Waals surface area (Å²) in [4.78, 5) is 21.8. The van der Waals surface area contributed by atoms with Gasteiger partial charge in [0.15, 0.2) is 0 Å². The molecule has 0 fully saturated rings. The van der Waals surface area contributed by atoms with Crippen LogP contribution in [0.3, 0.4) is 0 Å². The van der Waals surface area contributed by atoms with E-state index < -0.39 is 10.9 Å². The van der Waals surface area contributed by atoms with E-state index in [2.05, 4.69) is 4.37 Å². The Kier molecular flexibility index (Phi) is 3.86. The van der Waals surface area contributed by atoms with E-state index in [0.717, 1.165) is 11.5 Å². The van der Waals surface area contributed by atoms with Crippen molar-refractivity contribution in [1.82, 2.24) is 4.37 Å². The smallest absolute Gasteiger partial charge is 0.341 e. The van der Waals surface area contributed by atoms with Gasteiger partial charge in [0.1, 0.15) is 0 Å². The molecule has 19 heavy (non-hydrogen) atoms. The third-order valence-electron chi connectivity index (χ3n) is 2.42. The van der Waals surface area contributed by atoms with Crippen LogP contribution in [0.2, 0.25) is 0 Å². The lowest BCUT2D eigenvalue weighted by Gasteiger charge is -2.02. The van der Waals surface area contributed by atoms with Crippen molar-refractivity contribution in [3.05, 3.63) is 45.3 Å². The summed E-state index contributed by atoms with van der Waals surface area (Å²) in [5.41, 5.74) is 1.51. The number of carbonyl (C=O) groups is 1. The van der Waals surface area contributed by atoms with E-state index in [-0.39, 0.29) is 12.3 Å². The summed E-state index contributed by atoms with van der Waals surface area (Å²) in [6.45, 7) is 2.01. The first-order chi connectivity index (χ1) is 9.13. The van der Waals surface area contributed by atoms with Crippen molar-refractivity contribution in [2.75, 3.05) is 6.61 Å². The van der Waals surface area contributed by atoms with Gasteiger partial charge in [-0.2, -0.15) is 4.37 Å². The van der Waals surface area contributed by atoms with E-state index in [4.69, 9.17) is 4.74 Å². The van der Waals surface area contributed by atoms with Crippen LogP contribution in [0.4, 0.5) is 5.69 Å². The van der Waals surface area contributed by atoms with E-state index in [1.807, 2.05) is 0 Å². The van der Waals surface area contributed by atoms with E-state index in [9.17, 15) is 14.9 Å². The van der Waals surface area contributed by atoms with E-state index in [1.54, 1.807) is 24.4 Å². The van der Waals surface area contributed by atoms with Crippen molar-refractivity contribution in [3.8, 4) is 11.3 Å². The average Bonchev–Trinajstić information content (AvgIpc) is 2.88.